The quantitative estimate of drug-likeness (QED) is 0.688. The smallest absolute Gasteiger partial charge is 0.281 e. The molecule has 8 heteroatoms. The van der Waals surface area contributed by atoms with Crippen LogP contribution in [0.2, 0.25) is 0 Å². The molecule has 0 spiro atoms. The lowest BCUT2D eigenvalue weighted by Crippen LogP contribution is -2.13. The van der Waals surface area contributed by atoms with Crippen molar-refractivity contribution in [1.82, 2.24) is 0 Å². The summed E-state index contributed by atoms with van der Waals surface area (Å²) in [5.74, 6) is -0.501. The van der Waals surface area contributed by atoms with Crippen LogP contribution in [0.3, 0.4) is 0 Å². The molecule has 0 bridgehead atoms. The number of nitrogens with one attached hydrogen (secondary N) is 1. The number of nitrogens with zero attached hydrogens (tertiary/aromatic N) is 2. The molecule has 0 saturated heterocycles. The topological polar surface area (TPSA) is 115 Å². The number of carbonyl (C=O) groups is 1. The summed E-state index contributed by atoms with van der Waals surface area (Å²) in [6, 6.07) is 10.2. The minimum atomic E-state index is -0.745. The van der Waals surface area contributed by atoms with E-state index in [4.69, 9.17) is 0 Å². The minimum Gasteiger partial charge on any atom is -0.321 e. The fourth-order valence-corrected chi connectivity index (χ4v) is 1.89. The fourth-order valence-electron chi connectivity index (χ4n) is 1.89. The molecular weight excluding hydrogens is 290 g/mol. The summed E-state index contributed by atoms with van der Waals surface area (Å²) in [5.41, 5.74) is -0.344. The Bertz CT molecular complexity index is 759. The highest BCUT2D eigenvalue weighted by molar-refractivity contribution is 6.05. The fraction of sp³-hybridized carbons (Fsp3) is 0.0714. The van der Waals surface area contributed by atoms with Gasteiger partial charge in [0.15, 0.2) is 0 Å². The maximum atomic E-state index is 12.1. The van der Waals surface area contributed by atoms with Crippen molar-refractivity contribution in [2.24, 2.45) is 0 Å². The van der Waals surface area contributed by atoms with Crippen LogP contribution < -0.4 is 5.32 Å². The van der Waals surface area contributed by atoms with E-state index in [1.807, 2.05) is 0 Å². The SMILES string of the molecule is Cc1c(NC(=O)c2ccccc2)cc([N+](=O)[O-])cc1[N+](=O)[O-]. The average Bonchev–Trinajstić information content (AvgIpc) is 2.49. The maximum absolute atomic E-state index is 12.1. The Balaban J connectivity index is 2.44. The van der Waals surface area contributed by atoms with Crippen LogP contribution >= 0.6 is 0 Å². The molecule has 2 aromatic carbocycles. The lowest BCUT2D eigenvalue weighted by atomic mass is 10.1. The van der Waals surface area contributed by atoms with Crippen LogP contribution in [0.25, 0.3) is 0 Å². The molecule has 0 unspecified atom stereocenters. The van der Waals surface area contributed by atoms with E-state index >= 15 is 0 Å². The van der Waals surface area contributed by atoms with Crippen molar-refractivity contribution in [2.75, 3.05) is 5.32 Å². The van der Waals surface area contributed by atoms with E-state index in [2.05, 4.69) is 5.32 Å². The minimum absolute atomic E-state index is 0.0368. The van der Waals surface area contributed by atoms with Gasteiger partial charge in [-0.3, -0.25) is 25.0 Å². The van der Waals surface area contributed by atoms with Gasteiger partial charge in [0.05, 0.1) is 27.2 Å². The highest BCUT2D eigenvalue weighted by Gasteiger charge is 2.22. The van der Waals surface area contributed by atoms with Crippen LogP contribution in [0.5, 0.6) is 0 Å². The van der Waals surface area contributed by atoms with Crippen LogP contribution in [0.1, 0.15) is 15.9 Å². The number of anilines is 1. The predicted molar refractivity (Wildman–Crippen MR) is 78.9 cm³/mol. The zero-order chi connectivity index (χ0) is 16.3. The van der Waals surface area contributed by atoms with Crippen LogP contribution in [-0.4, -0.2) is 15.8 Å². The summed E-state index contributed by atoms with van der Waals surface area (Å²) in [4.78, 5) is 32.5. The first-order valence-corrected chi connectivity index (χ1v) is 6.20. The Labute approximate surface area is 124 Å². The predicted octanol–water partition coefficient (Wildman–Crippen LogP) is 3.06. The Kier molecular flexibility index (Phi) is 4.12. The molecule has 0 aliphatic carbocycles. The molecule has 0 atom stereocenters. The number of hydrogen-bond acceptors (Lipinski definition) is 5. The number of amides is 1. The number of benzene rings is 2. The van der Waals surface area contributed by atoms with Crippen molar-refractivity contribution < 1.29 is 14.6 Å². The van der Waals surface area contributed by atoms with Gasteiger partial charge in [0.1, 0.15) is 0 Å². The van der Waals surface area contributed by atoms with Crippen molar-refractivity contribution in [1.29, 1.82) is 0 Å². The summed E-state index contributed by atoms with van der Waals surface area (Å²) in [7, 11) is 0. The van der Waals surface area contributed by atoms with Crippen molar-refractivity contribution in [3.05, 3.63) is 73.8 Å². The molecule has 0 heterocycles. The van der Waals surface area contributed by atoms with Crippen molar-refractivity contribution in [3.63, 3.8) is 0 Å². The van der Waals surface area contributed by atoms with E-state index in [-0.39, 0.29) is 11.3 Å². The van der Waals surface area contributed by atoms with E-state index in [1.54, 1.807) is 30.3 Å². The Morgan fingerprint density at radius 1 is 1.05 bits per heavy atom. The summed E-state index contributed by atoms with van der Waals surface area (Å²) < 4.78 is 0. The van der Waals surface area contributed by atoms with Gasteiger partial charge >= 0.3 is 0 Å². The van der Waals surface area contributed by atoms with Gasteiger partial charge in [-0.05, 0) is 19.1 Å². The first-order valence-electron chi connectivity index (χ1n) is 6.20. The normalized spacial score (nSPS) is 10.0. The maximum Gasteiger partial charge on any atom is 0.281 e. The van der Waals surface area contributed by atoms with Crippen LogP contribution in [0.4, 0.5) is 17.1 Å². The molecule has 2 aromatic rings. The molecule has 0 fully saturated rings. The van der Waals surface area contributed by atoms with E-state index in [1.165, 1.54) is 6.92 Å². The van der Waals surface area contributed by atoms with Crippen molar-refractivity contribution in [2.45, 2.75) is 6.92 Å². The molecule has 8 nitrogen and oxygen atoms in total. The average molecular weight is 301 g/mol. The zero-order valence-electron chi connectivity index (χ0n) is 11.5. The lowest BCUT2D eigenvalue weighted by molar-refractivity contribution is -0.394. The third-order valence-corrected chi connectivity index (χ3v) is 3.06. The van der Waals surface area contributed by atoms with Gasteiger partial charge in [-0.25, -0.2) is 0 Å². The van der Waals surface area contributed by atoms with Crippen LogP contribution in [0, 0.1) is 27.2 Å². The number of non-ortho nitro benzene ring substituents is 1. The van der Waals surface area contributed by atoms with Gasteiger partial charge in [-0.1, -0.05) is 18.2 Å². The van der Waals surface area contributed by atoms with Crippen molar-refractivity contribution >= 4 is 23.0 Å². The van der Waals surface area contributed by atoms with Gasteiger partial charge in [-0.15, -0.1) is 0 Å². The Hall–Kier alpha value is -3.29. The summed E-state index contributed by atoms with van der Waals surface area (Å²) >= 11 is 0. The van der Waals surface area contributed by atoms with E-state index in [0.29, 0.717) is 5.56 Å². The van der Waals surface area contributed by atoms with Gasteiger partial charge in [-0.2, -0.15) is 0 Å². The van der Waals surface area contributed by atoms with Crippen molar-refractivity contribution in [3.8, 4) is 0 Å². The van der Waals surface area contributed by atoms with Gasteiger partial charge < -0.3 is 5.32 Å². The molecule has 2 rings (SSSR count). The number of nitro groups is 2. The first kappa shape index (κ1) is 15.1. The zero-order valence-corrected chi connectivity index (χ0v) is 11.5. The van der Waals surface area contributed by atoms with E-state index < -0.39 is 27.1 Å². The second-order valence-corrected chi connectivity index (χ2v) is 4.47. The molecule has 1 N–H and O–H groups in total. The number of carbonyl (C=O) groups excluding carboxylic acids is 1. The highest BCUT2D eigenvalue weighted by Crippen LogP contribution is 2.31. The molecule has 22 heavy (non-hydrogen) atoms. The highest BCUT2D eigenvalue weighted by atomic mass is 16.6. The van der Waals surface area contributed by atoms with Gasteiger partial charge in [0, 0.05) is 11.6 Å². The summed E-state index contributed by atoms with van der Waals surface area (Å²) in [6.07, 6.45) is 0. The number of nitro benzene ring substituents is 2. The number of hydrogen-bond donors (Lipinski definition) is 1. The summed E-state index contributed by atoms with van der Waals surface area (Å²) in [6.45, 7) is 1.42. The third-order valence-electron chi connectivity index (χ3n) is 3.06. The standard InChI is InChI=1S/C14H11N3O5/c1-9-12(15-14(18)10-5-3-2-4-6-10)7-11(16(19)20)8-13(9)17(21)22/h2-8H,1H3,(H,15,18). The first-order chi connectivity index (χ1) is 10.4. The molecule has 0 saturated carbocycles. The van der Waals surface area contributed by atoms with Gasteiger partial charge in [0.2, 0.25) is 0 Å². The third kappa shape index (κ3) is 3.06. The molecule has 0 aromatic heterocycles. The van der Waals surface area contributed by atoms with E-state index in [9.17, 15) is 25.0 Å². The largest absolute Gasteiger partial charge is 0.321 e. The molecule has 112 valence electrons. The van der Waals surface area contributed by atoms with E-state index in [0.717, 1.165) is 12.1 Å². The Morgan fingerprint density at radius 3 is 2.23 bits per heavy atom. The lowest BCUT2D eigenvalue weighted by Gasteiger charge is -2.09. The van der Waals surface area contributed by atoms with Gasteiger partial charge in [0.25, 0.3) is 17.3 Å². The molecule has 0 aliphatic rings. The molecule has 0 aliphatic heterocycles. The second kappa shape index (κ2) is 6.00. The molecule has 0 radical (unpaired) electrons. The second-order valence-electron chi connectivity index (χ2n) is 4.47. The molecular formula is C14H11N3O5. The Morgan fingerprint density at radius 2 is 1.68 bits per heavy atom. The van der Waals surface area contributed by atoms with Crippen LogP contribution in [0.15, 0.2) is 42.5 Å². The summed E-state index contributed by atoms with van der Waals surface area (Å²) in [5, 5.41) is 24.3. The molecule has 1 amide bonds. The van der Waals surface area contributed by atoms with Crippen LogP contribution in [-0.2, 0) is 0 Å². The number of rotatable bonds is 4. The monoisotopic (exact) mass is 301 g/mol.